The highest BCUT2D eigenvalue weighted by Crippen LogP contribution is 2.29. The first-order valence-corrected chi connectivity index (χ1v) is 4.46. The SMILES string of the molecule is CC(C)(C)Cc1cccc(O)c1N. The van der Waals surface area contributed by atoms with E-state index in [-0.39, 0.29) is 11.2 Å². The number of para-hydroxylation sites is 1. The fraction of sp³-hybridized carbons (Fsp3) is 0.455. The van der Waals surface area contributed by atoms with Gasteiger partial charge in [0.15, 0.2) is 0 Å². The zero-order chi connectivity index (χ0) is 10.1. The van der Waals surface area contributed by atoms with E-state index in [2.05, 4.69) is 20.8 Å². The molecule has 0 saturated carbocycles. The van der Waals surface area contributed by atoms with Gasteiger partial charge in [-0.05, 0) is 23.5 Å². The van der Waals surface area contributed by atoms with Crippen molar-refractivity contribution in [2.24, 2.45) is 5.41 Å². The number of hydrogen-bond donors (Lipinski definition) is 2. The zero-order valence-corrected chi connectivity index (χ0v) is 8.46. The van der Waals surface area contributed by atoms with E-state index in [0.29, 0.717) is 5.69 Å². The fourth-order valence-corrected chi connectivity index (χ4v) is 1.32. The maximum atomic E-state index is 9.37. The number of aromatic hydroxyl groups is 1. The summed E-state index contributed by atoms with van der Waals surface area (Å²) in [6, 6.07) is 5.40. The van der Waals surface area contributed by atoms with Crippen molar-refractivity contribution in [3.8, 4) is 5.75 Å². The monoisotopic (exact) mass is 179 g/mol. The van der Waals surface area contributed by atoms with Crippen LogP contribution in [0.4, 0.5) is 5.69 Å². The van der Waals surface area contributed by atoms with Gasteiger partial charge in [0.2, 0.25) is 0 Å². The van der Waals surface area contributed by atoms with Crippen LogP contribution in [0, 0.1) is 5.41 Å². The fourth-order valence-electron chi connectivity index (χ4n) is 1.32. The Bertz CT molecular complexity index is 299. The van der Waals surface area contributed by atoms with Crippen LogP contribution < -0.4 is 5.73 Å². The molecule has 3 N–H and O–H groups in total. The zero-order valence-electron chi connectivity index (χ0n) is 8.46. The average Bonchev–Trinajstić information content (AvgIpc) is 1.96. The van der Waals surface area contributed by atoms with Crippen molar-refractivity contribution in [2.45, 2.75) is 27.2 Å². The first-order valence-electron chi connectivity index (χ1n) is 4.46. The van der Waals surface area contributed by atoms with Crippen molar-refractivity contribution in [1.82, 2.24) is 0 Å². The Morgan fingerprint density at radius 3 is 2.46 bits per heavy atom. The quantitative estimate of drug-likeness (QED) is 0.514. The van der Waals surface area contributed by atoms with Crippen LogP contribution >= 0.6 is 0 Å². The van der Waals surface area contributed by atoms with Crippen LogP contribution in [0.1, 0.15) is 26.3 Å². The largest absolute Gasteiger partial charge is 0.506 e. The van der Waals surface area contributed by atoms with E-state index in [0.717, 1.165) is 12.0 Å². The third-order valence-electron chi connectivity index (χ3n) is 1.89. The van der Waals surface area contributed by atoms with E-state index >= 15 is 0 Å². The summed E-state index contributed by atoms with van der Waals surface area (Å²) in [4.78, 5) is 0. The number of phenols is 1. The van der Waals surface area contributed by atoms with Gasteiger partial charge < -0.3 is 10.8 Å². The van der Waals surface area contributed by atoms with E-state index in [1.807, 2.05) is 12.1 Å². The van der Waals surface area contributed by atoms with Crippen LogP contribution in [-0.4, -0.2) is 5.11 Å². The van der Waals surface area contributed by atoms with Gasteiger partial charge in [-0.25, -0.2) is 0 Å². The number of anilines is 1. The molecule has 1 aromatic rings. The van der Waals surface area contributed by atoms with Crippen LogP contribution in [0.5, 0.6) is 5.75 Å². The molecule has 0 atom stereocenters. The summed E-state index contributed by atoms with van der Waals surface area (Å²) in [5, 5.41) is 9.37. The molecule has 0 aliphatic rings. The number of nitrogens with two attached hydrogens (primary N) is 1. The molecule has 0 aliphatic carbocycles. The lowest BCUT2D eigenvalue weighted by molar-refractivity contribution is 0.410. The Hall–Kier alpha value is -1.18. The second-order valence-corrected chi connectivity index (χ2v) is 4.59. The molecule has 0 radical (unpaired) electrons. The number of nitrogen functional groups attached to an aromatic ring is 1. The highest BCUT2D eigenvalue weighted by Gasteiger charge is 2.14. The summed E-state index contributed by atoms with van der Waals surface area (Å²) in [6.07, 6.45) is 0.882. The third kappa shape index (κ3) is 2.65. The summed E-state index contributed by atoms with van der Waals surface area (Å²) in [5.41, 5.74) is 7.47. The molecule has 0 aliphatic heterocycles. The normalized spacial score (nSPS) is 11.6. The first-order chi connectivity index (χ1) is 5.90. The average molecular weight is 179 g/mol. The second kappa shape index (κ2) is 3.29. The Kier molecular flexibility index (Phi) is 2.50. The molecule has 0 aromatic heterocycles. The van der Waals surface area contributed by atoms with Crippen LogP contribution in [0.25, 0.3) is 0 Å². The summed E-state index contributed by atoms with van der Waals surface area (Å²) >= 11 is 0. The molecule has 0 bridgehead atoms. The summed E-state index contributed by atoms with van der Waals surface area (Å²) in [7, 11) is 0. The van der Waals surface area contributed by atoms with Crippen molar-refractivity contribution >= 4 is 5.69 Å². The number of phenolic OH excluding ortho intramolecular Hbond substituents is 1. The van der Waals surface area contributed by atoms with Crippen LogP contribution in [0.3, 0.4) is 0 Å². The van der Waals surface area contributed by atoms with E-state index in [4.69, 9.17) is 5.73 Å². The predicted octanol–water partition coefficient (Wildman–Crippen LogP) is 2.56. The minimum atomic E-state index is 0.182. The molecule has 1 rings (SSSR count). The molecule has 72 valence electrons. The van der Waals surface area contributed by atoms with Crippen molar-refractivity contribution < 1.29 is 5.11 Å². The molecular weight excluding hydrogens is 162 g/mol. The van der Waals surface area contributed by atoms with Gasteiger partial charge in [-0.2, -0.15) is 0 Å². The molecule has 0 spiro atoms. The predicted molar refractivity (Wildman–Crippen MR) is 55.7 cm³/mol. The van der Waals surface area contributed by atoms with Gasteiger partial charge in [0.25, 0.3) is 0 Å². The maximum Gasteiger partial charge on any atom is 0.138 e. The van der Waals surface area contributed by atoms with Crippen molar-refractivity contribution in [3.05, 3.63) is 23.8 Å². The highest BCUT2D eigenvalue weighted by molar-refractivity contribution is 5.57. The molecule has 0 amide bonds. The van der Waals surface area contributed by atoms with E-state index in [9.17, 15) is 5.11 Å². The molecule has 13 heavy (non-hydrogen) atoms. The van der Waals surface area contributed by atoms with E-state index in [1.54, 1.807) is 6.07 Å². The van der Waals surface area contributed by atoms with Gasteiger partial charge in [-0.3, -0.25) is 0 Å². The molecule has 0 saturated heterocycles. The standard InChI is InChI=1S/C11H17NO/c1-11(2,3)7-8-5-4-6-9(13)10(8)12/h4-6,13H,7,12H2,1-3H3. The van der Waals surface area contributed by atoms with Gasteiger partial charge in [-0.15, -0.1) is 0 Å². The summed E-state index contributed by atoms with van der Waals surface area (Å²) in [5.74, 6) is 0.182. The van der Waals surface area contributed by atoms with Crippen molar-refractivity contribution in [3.63, 3.8) is 0 Å². The van der Waals surface area contributed by atoms with Gasteiger partial charge in [0.1, 0.15) is 5.75 Å². The topological polar surface area (TPSA) is 46.2 Å². The molecule has 0 unspecified atom stereocenters. The number of rotatable bonds is 1. The van der Waals surface area contributed by atoms with E-state index < -0.39 is 0 Å². The molecule has 2 nitrogen and oxygen atoms in total. The second-order valence-electron chi connectivity index (χ2n) is 4.59. The Balaban J connectivity index is 2.96. The van der Waals surface area contributed by atoms with Crippen LogP contribution in [0.15, 0.2) is 18.2 Å². The summed E-state index contributed by atoms with van der Waals surface area (Å²) in [6.45, 7) is 6.45. The number of benzene rings is 1. The molecular formula is C11H17NO. The third-order valence-corrected chi connectivity index (χ3v) is 1.89. The minimum absolute atomic E-state index is 0.182. The van der Waals surface area contributed by atoms with Crippen LogP contribution in [0.2, 0.25) is 0 Å². The van der Waals surface area contributed by atoms with E-state index in [1.165, 1.54) is 0 Å². The van der Waals surface area contributed by atoms with Crippen molar-refractivity contribution in [1.29, 1.82) is 0 Å². The first kappa shape index (κ1) is 9.90. The molecule has 1 aromatic carbocycles. The smallest absolute Gasteiger partial charge is 0.138 e. The minimum Gasteiger partial charge on any atom is -0.506 e. The van der Waals surface area contributed by atoms with Gasteiger partial charge in [0, 0.05) is 0 Å². The van der Waals surface area contributed by atoms with Crippen molar-refractivity contribution in [2.75, 3.05) is 5.73 Å². The Morgan fingerprint density at radius 2 is 1.92 bits per heavy atom. The van der Waals surface area contributed by atoms with Crippen LogP contribution in [-0.2, 0) is 6.42 Å². The van der Waals surface area contributed by atoms with Gasteiger partial charge in [-0.1, -0.05) is 32.9 Å². The molecule has 0 fully saturated rings. The van der Waals surface area contributed by atoms with Gasteiger partial charge >= 0.3 is 0 Å². The Morgan fingerprint density at radius 1 is 1.31 bits per heavy atom. The Labute approximate surface area is 79.4 Å². The lowest BCUT2D eigenvalue weighted by atomic mass is 9.87. The number of hydrogen-bond acceptors (Lipinski definition) is 2. The lowest BCUT2D eigenvalue weighted by Gasteiger charge is -2.19. The van der Waals surface area contributed by atoms with Gasteiger partial charge in [0.05, 0.1) is 5.69 Å². The highest BCUT2D eigenvalue weighted by atomic mass is 16.3. The molecule has 2 heteroatoms. The molecule has 0 heterocycles. The summed E-state index contributed by atoms with van der Waals surface area (Å²) < 4.78 is 0. The lowest BCUT2D eigenvalue weighted by Crippen LogP contribution is -2.10. The maximum absolute atomic E-state index is 9.37.